The van der Waals surface area contributed by atoms with E-state index in [2.05, 4.69) is 38.1 Å². The van der Waals surface area contributed by atoms with Crippen molar-refractivity contribution >= 4 is 27.7 Å². The van der Waals surface area contributed by atoms with Crippen LogP contribution in [-0.2, 0) is 21.2 Å². The van der Waals surface area contributed by atoms with Crippen molar-refractivity contribution in [1.29, 1.82) is 0 Å². The highest BCUT2D eigenvalue weighted by molar-refractivity contribution is 7.89. The number of amides is 1. The molecule has 1 amide bonds. The topological polar surface area (TPSA) is 80.5 Å². The molecular weight excluding hydrogens is 444 g/mol. The summed E-state index contributed by atoms with van der Waals surface area (Å²) in [5.74, 6) is 0.381. The van der Waals surface area contributed by atoms with Gasteiger partial charge in [0.2, 0.25) is 10.0 Å². The third-order valence-electron chi connectivity index (χ3n) is 5.95. The Labute approximate surface area is 201 Å². The van der Waals surface area contributed by atoms with Crippen LogP contribution >= 0.6 is 0 Å². The Morgan fingerprint density at radius 2 is 1.56 bits per heavy atom. The second kappa shape index (κ2) is 9.79. The smallest absolute Gasteiger partial charge is 0.258 e. The predicted octanol–water partition coefficient (Wildman–Crippen LogP) is 4.97. The van der Waals surface area contributed by atoms with Gasteiger partial charge in [-0.3, -0.25) is 4.79 Å². The maximum absolute atomic E-state index is 13.4. The standard InChI is InChI=1S/C28H28N2O3S/c1-20(2)23-10-12-24(13-11-23)27-19-25(18-22-6-4-3-5-7-22)28(31)30(27)17-16-21-8-14-26(15-9-21)34(29,32)33/h3-15,18-20H,16-17H2,1-2H3,(H2,29,32,33)/b25-18+. The number of benzene rings is 3. The van der Waals surface area contributed by atoms with Gasteiger partial charge in [-0.2, -0.15) is 0 Å². The van der Waals surface area contributed by atoms with Crippen molar-refractivity contribution in [3.63, 3.8) is 0 Å². The molecule has 1 heterocycles. The van der Waals surface area contributed by atoms with Crippen LogP contribution in [-0.4, -0.2) is 25.8 Å². The average molecular weight is 473 g/mol. The van der Waals surface area contributed by atoms with Gasteiger partial charge in [0, 0.05) is 12.1 Å². The molecule has 0 unspecified atom stereocenters. The van der Waals surface area contributed by atoms with Crippen LogP contribution in [0.25, 0.3) is 11.8 Å². The SMILES string of the molecule is CC(C)c1ccc(C2=C/C(=C\c3ccccc3)C(=O)N2CCc2ccc(S(N)(=O)=O)cc2)cc1. The van der Waals surface area contributed by atoms with Gasteiger partial charge in [0.1, 0.15) is 0 Å². The summed E-state index contributed by atoms with van der Waals surface area (Å²) >= 11 is 0. The second-order valence-electron chi connectivity index (χ2n) is 8.71. The van der Waals surface area contributed by atoms with Crippen molar-refractivity contribution in [3.8, 4) is 0 Å². The molecular formula is C28H28N2O3S. The van der Waals surface area contributed by atoms with Gasteiger partial charge in [-0.05, 0) is 58.9 Å². The lowest BCUT2D eigenvalue weighted by molar-refractivity contribution is -0.122. The molecule has 0 aliphatic carbocycles. The van der Waals surface area contributed by atoms with Crippen molar-refractivity contribution in [1.82, 2.24) is 4.90 Å². The van der Waals surface area contributed by atoms with Gasteiger partial charge < -0.3 is 4.90 Å². The number of hydrogen-bond acceptors (Lipinski definition) is 3. The molecule has 3 aromatic carbocycles. The van der Waals surface area contributed by atoms with Gasteiger partial charge in [-0.25, -0.2) is 13.6 Å². The van der Waals surface area contributed by atoms with Crippen molar-refractivity contribution in [2.24, 2.45) is 5.14 Å². The minimum atomic E-state index is -3.73. The van der Waals surface area contributed by atoms with Crippen LogP contribution in [0.2, 0.25) is 0 Å². The number of carbonyl (C=O) groups excluding carboxylic acids is 1. The molecule has 6 heteroatoms. The molecule has 0 atom stereocenters. The molecule has 174 valence electrons. The maximum atomic E-state index is 13.4. The highest BCUT2D eigenvalue weighted by Gasteiger charge is 2.28. The van der Waals surface area contributed by atoms with E-state index in [1.54, 1.807) is 17.0 Å². The molecule has 1 aliphatic heterocycles. The number of nitrogens with zero attached hydrogens (tertiary/aromatic N) is 1. The molecule has 5 nitrogen and oxygen atoms in total. The summed E-state index contributed by atoms with van der Waals surface area (Å²) in [5.41, 5.74) is 5.63. The van der Waals surface area contributed by atoms with Crippen molar-refractivity contribution < 1.29 is 13.2 Å². The zero-order valence-electron chi connectivity index (χ0n) is 19.3. The third-order valence-corrected chi connectivity index (χ3v) is 6.88. The van der Waals surface area contributed by atoms with Gasteiger partial charge in [-0.1, -0.05) is 80.6 Å². The van der Waals surface area contributed by atoms with E-state index in [0.717, 1.165) is 22.4 Å². The molecule has 4 rings (SSSR count). The Hall–Kier alpha value is -3.48. The van der Waals surface area contributed by atoms with Gasteiger partial charge in [0.15, 0.2) is 0 Å². The number of nitrogens with two attached hydrogens (primary N) is 1. The Balaban J connectivity index is 1.62. The summed E-state index contributed by atoms with van der Waals surface area (Å²) in [5, 5.41) is 5.19. The fourth-order valence-corrected chi connectivity index (χ4v) is 4.49. The Morgan fingerprint density at radius 1 is 0.912 bits per heavy atom. The molecule has 0 saturated heterocycles. The fraction of sp³-hybridized carbons (Fsp3) is 0.179. The van der Waals surface area contributed by atoms with Crippen LogP contribution in [0.1, 0.15) is 42.0 Å². The molecule has 34 heavy (non-hydrogen) atoms. The molecule has 0 radical (unpaired) electrons. The first kappa shape index (κ1) is 23.7. The zero-order chi connectivity index (χ0) is 24.3. The normalized spacial score (nSPS) is 15.3. The fourth-order valence-electron chi connectivity index (χ4n) is 3.97. The average Bonchev–Trinajstić information content (AvgIpc) is 3.13. The van der Waals surface area contributed by atoms with Crippen molar-refractivity contribution in [3.05, 3.63) is 113 Å². The second-order valence-corrected chi connectivity index (χ2v) is 10.3. The van der Waals surface area contributed by atoms with Crippen molar-refractivity contribution in [2.45, 2.75) is 31.1 Å². The molecule has 3 aromatic rings. The molecule has 0 saturated carbocycles. The summed E-state index contributed by atoms with van der Waals surface area (Å²) in [7, 11) is -3.73. The van der Waals surface area contributed by atoms with Gasteiger partial charge in [0.05, 0.1) is 10.6 Å². The maximum Gasteiger partial charge on any atom is 0.258 e. The highest BCUT2D eigenvalue weighted by atomic mass is 32.2. The first-order chi connectivity index (χ1) is 16.2. The summed E-state index contributed by atoms with van der Waals surface area (Å²) in [6.07, 6.45) is 4.44. The van der Waals surface area contributed by atoms with Crippen LogP contribution in [0, 0.1) is 0 Å². The number of primary sulfonamides is 1. The minimum Gasteiger partial charge on any atom is -0.307 e. The molecule has 1 aliphatic rings. The number of carbonyl (C=O) groups is 1. The molecule has 0 fully saturated rings. The summed E-state index contributed by atoms with van der Waals surface area (Å²) in [6, 6.07) is 24.6. The van der Waals surface area contributed by atoms with E-state index < -0.39 is 10.0 Å². The van der Waals surface area contributed by atoms with E-state index in [9.17, 15) is 13.2 Å². The van der Waals surface area contributed by atoms with E-state index in [-0.39, 0.29) is 10.8 Å². The van der Waals surface area contributed by atoms with Gasteiger partial charge in [-0.15, -0.1) is 0 Å². The lowest BCUT2D eigenvalue weighted by Crippen LogP contribution is -2.27. The van der Waals surface area contributed by atoms with Gasteiger partial charge in [0.25, 0.3) is 5.91 Å². The Bertz CT molecular complexity index is 1340. The summed E-state index contributed by atoms with van der Waals surface area (Å²) in [6.45, 7) is 4.78. The van der Waals surface area contributed by atoms with Crippen LogP contribution in [0.4, 0.5) is 0 Å². The van der Waals surface area contributed by atoms with Gasteiger partial charge >= 0.3 is 0 Å². The van der Waals surface area contributed by atoms with E-state index in [1.165, 1.54) is 17.7 Å². The summed E-state index contributed by atoms with van der Waals surface area (Å²) < 4.78 is 23.0. The first-order valence-corrected chi connectivity index (χ1v) is 12.8. The van der Waals surface area contributed by atoms with Crippen LogP contribution in [0.5, 0.6) is 0 Å². The highest BCUT2D eigenvalue weighted by Crippen LogP contribution is 2.32. The van der Waals surface area contributed by atoms with E-state index >= 15 is 0 Å². The molecule has 0 bridgehead atoms. The lowest BCUT2D eigenvalue weighted by Gasteiger charge is -2.21. The third kappa shape index (κ3) is 5.35. The number of sulfonamides is 1. The molecule has 0 spiro atoms. The monoisotopic (exact) mass is 472 g/mol. The van der Waals surface area contributed by atoms with Crippen LogP contribution in [0.15, 0.2) is 95.4 Å². The van der Waals surface area contributed by atoms with Crippen LogP contribution < -0.4 is 5.14 Å². The first-order valence-electron chi connectivity index (χ1n) is 11.2. The van der Waals surface area contributed by atoms with E-state index in [0.29, 0.717) is 24.5 Å². The number of rotatable bonds is 7. The zero-order valence-corrected chi connectivity index (χ0v) is 20.1. The summed E-state index contributed by atoms with van der Waals surface area (Å²) in [4.78, 5) is 15.3. The largest absolute Gasteiger partial charge is 0.307 e. The van der Waals surface area contributed by atoms with Crippen LogP contribution in [0.3, 0.4) is 0 Å². The predicted molar refractivity (Wildman–Crippen MR) is 136 cm³/mol. The number of hydrogen-bond donors (Lipinski definition) is 1. The van der Waals surface area contributed by atoms with E-state index in [4.69, 9.17) is 5.14 Å². The minimum absolute atomic E-state index is 0.0482. The lowest BCUT2D eigenvalue weighted by atomic mass is 10.0. The molecule has 0 aromatic heterocycles. The quantitative estimate of drug-likeness (QED) is 0.493. The van der Waals surface area contributed by atoms with Crippen molar-refractivity contribution in [2.75, 3.05) is 6.54 Å². The van der Waals surface area contributed by atoms with E-state index in [1.807, 2.05) is 42.5 Å². The molecule has 2 N–H and O–H groups in total. The Morgan fingerprint density at radius 3 is 2.15 bits per heavy atom. The Kier molecular flexibility index (Phi) is 6.82.